The average molecular weight is 491 g/mol. The first-order valence-electron chi connectivity index (χ1n) is 12.9. The molecule has 0 radical (unpaired) electrons. The Bertz CT molecular complexity index is 1130. The van der Waals surface area contributed by atoms with Gasteiger partial charge in [0.1, 0.15) is 28.7 Å². The molecule has 4 rings (SSSR count). The zero-order valence-corrected chi connectivity index (χ0v) is 21.9. The third-order valence-electron chi connectivity index (χ3n) is 7.22. The van der Waals surface area contributed by atoms with Crippen molar-refractivity contribution in [1.29, 1.82) is 0 Å². The van der Waals surface area contributed by atoms with Crippen molar-refractivity contribution in [3.8, 4) is 28.7 Å². The summed E-state index contributed by atoms with van der Waals surface area (Å²) >= 11 is 0. The lowest BCUT2D eigenvalue weighted by molar-refractivity contribution is 0.402. The van der Waals surface area contributed by atoms with Gasteiger partial charge in [0, 0.05) is 0 Å². The van der Waals surface area contributed by atoms with Gasteiger partial charge in [0.25, 0.3) is 0 Å². The fourth-order valence-corrected chi connectivity index (χ4v) is 5.42. The van der Waals surface area contributed by atoms with Crippen molar-refractivity contribution in [2.24, 2.45) is 0 Å². The molecule has 0 fully saturated rings. The maximum absolute atomic E-state index is 11.1. The number of benzene rings is 3. The molecule has 6 bridgehead atoms. The Morgan fingerprint density at radius 3 is 1.14 bits per heavy atom. The van der Waals surface area contributed by atoms with Crippen LogP contribution in [0.3, 0.4) is 0 Å². The van der Waals surface area contributed by atoms with E-state index in [1.807, 2.05) is 24.3 Å². The van der Waals surface area contributed by atoms with Crippen LogP contribution < -0.4 is 14.2 Å². The third-order valence-corrected chi connectivity index (χ3v) is 7.22. The van der Waals surface area contributed by atoms with Crippen LogP contribution in [0.25, 0.3) is 0 Å². The van der Waals surface area contributed by atoms with Crippen LogP contribution in [0.1, 0.15) is 58.2 Å². The van der Waals surface area contributed by atoms with Crippen molar-refractivity contribution in [3.63, 3.8) is 0 Å². The van der Waals surface area contributed by atoms with Gasteiger partial charge in [-0.15, -0.1) is 0 Å². The first-order chi connectivity index (χ1) is 17.4. The van der Waals surface area contributed by atoms with E-state index < -0.39 is 0 Å². The summed E-state index contributed by atoms with van der Waals surface area (Å²) in [5.41, 5.74) is 7.18. The number of fused-ring (bicyclic) bond motifs is 6. The van der Waals surface area contributed by atoms with E-state index in [2.05, 4.69) is 19.1 Å². The molecule has 36 heavy (non-hydrogen) atoms. The highest BCUT2D eigenvalue weighted by molar-refractivity contribution is 5.49. The summed E-state index contributed by atoms with van der Waals surface area (Å²) in [7, 11) is 5.06. The minimum Gasteiger partial charge on any atom is -0.507 e. The van der Waals surface area contributed by atoms with Gasteiger partial charge in [-0.3, -0.25) is 0 Å². The van der Waals surface area contributed by atoms with Crippen molar-refractivity contribution < 1.29 is 24.4 Å². The number of phenols is 2. The second kappa shape index (κ2) is 11.6. The number of hydrogen-bond acceptors (Lipinski definition) is 5. The molecule has 0 aliphatic heterocycles. The Balaban J connectivity index is 1.75. The SMILES string of the molecule is COc1cc2c(O)c(c1)CCCc1cc(C)cc(c1OC)CCCc1cc(OC)cc(c1O)CCC2. The van der Waals surface area contributed by atoms with Crippen LogP contribution in [0.2, 0.25) is 0 Å². The molecule has 0 atom stereocenters. The molecule has 0 saturated carbocycles. The molecule has 3 aromatic carbocycles. The highest BCUT2D eigenvalue weighted by Crippen LogP contribution is 2.35. The smallest absolute Gasteiger partial charge is 0.125 e. The van der Waals surface area contributed by atoms with E-state index >= 15 is 0 Å². The van der Waals surface area contributed by atoms with Gasteiger partial charge in [-0.25, -0.2) is 0 Å². The topological polar surface area (TPSA) is 68.2 Å². The molecule has 5 heteroatoms. The van der Waals surface area contributed by atoms with E-state index in [4.69, 9.17) is 14.2 Å². The molecule has 1 aliphatic carbocycles. The quantitative estimate of drug-likeness (QED) is 0.453. The minimum atomic E-state index is 0.351. The molecule has 3 aromatic rings. The highest BCUT2D eigenvalue weighted by Gasteiger charge is 2.16. The zero-order chi connectivity index (χ0) is 25.7. The van der Waals surface area contributed by atoms with Gasteiger partial charge in [-0.1, -0.05) is 17.7 Å². The van der Waals surface area contributed by atoms with Crippen molar-refractivity contribution in [2.45, 2.75) is 64.7 Å². The van der Waals surface area contributed by atoms with Crippen LogP contribution in [0.15, 0.2) is 36.4 Å². The van der Waals surface area contributed by atoms with Crippen LogP contribution >= 0.6 is 0 Å². The van der Waals surface area contributed by atoms with Crippen LogP contribution in [-0.4, -0.2) is 31.5 Å². The minimum absolute atomic E-state index is 0.351. The Hall–Kier alpha value is -3.34. The van der Waals surface area contributed by atoms with Crippen molar-refractivity contribution in [1.82, 2.24) is 0 Å². The van der Waals surface area contributed by atoms with Gasteiger partial charge in [0.2, 0.25) is 0 Å². The lowest BCUT2D eigenvalue weighted by Gasteiger charge is -2.17. The molecule has 0 aromatic heterocycles. The van der Waals surface area contributed by atoms with E-state index in [1.54, 1.807) is 21.3 Å². The van der Waals surface area contributed by atoms with Gasteiger partial charge in [0.15, 0.2) is 0 Å². The molecule has 5 nitrogen and oxygen atoms in total. The molecular formula is C31H38O5. The fraction of sp³-hybridized carbons (Fsp3) is 0.419. The third kappa shape index (κ3) is 5.72. The Kier molecular flexibility index (Phi) is 8.29. The highest BCUT2D eigenvalue weighted by atomic mass is 16.5. The number of ether oxygens (including phenoxy) is 3. The first-order valence-corrected chi connectivity index (χ1v) is 12.9. The lowest BCUT2D eigenvalue weighted by atomic mass is 9.93. The average Bonchev–Trinajstić information content (AvgIpc) is 2.87. The van der Waals surface area contributed by atoms with Gasteiger partial charge < -0.3 is 24.4 Å². The summed E-state index contributed by atoms with van der Waals surface area (Å²) < 4.78 is 17.0. The van der Waals surface area contributed by atoms with Gasteiger partial charge in [-0.2, -0.15) is 0 Å². The molecule has 192 valence electrons. The summed E-state index contributed by atoms with van der Waals surface area (Å²) in [6.45, 7) is 2.12. The van der Waals surface area contributed by atoms with E-state index in [-0.39, 0.29) is 0 Å². The molecule has 0 unspecified atom stereocenters. The Morgan fingerprint density at radius 1 is 0.500 bits per heavy atom. The number of phenolic OH excluding ortho intramolecular Hbond substituents is 2. The monoisotopic (exact) mass is 490 g/mol. The van der Waals surface area contributed by atoms with E-state index in [0.29, 0.717) is 24.3 Å². The predicted octanol–water partition coefficient (Wildman–Crippen LogP) is 6.27. The first kappa shape index (κ1) is 25.7. The van der Waals surface area contributed by atoms with E-state index in [9.17, 15) is 10.2 Å². The second-order valence-electron chi connectivity index (χ2n) is 9.77. The summed E-state index contributed by atoms with van der Waals surface area (Å²) in [5, 5.41) is 22.1. The van der Waals surface area contributed by atoms with Crippen molar-refractivity contribution >= 4 is 0 Å². The molecule has 0 heterocycles. The molecule has 0 amide bonds. The normalized spacial score (nSPS) is 14.4. The summed E-state index contributed by atoms with van der Waals surface area (Å²) in [4.78, 5) is 0. The van der Waals surface area contributed by atoms with Crippen LogP contribution in [-0.2, 0) is 38.5 Å². The number of aryl methyl sites for hydroxylation is 7. The molecule has 2 N–H and O–H groups in total. The molecule has 0 saturated heterocycles. The zero-order valence-electron chi connectivity index (χ0n) is 21.9. The number of rotatable bonds is 3. The largest absolute Gasteiger partial charge is 0.507 e. The number of aromatic hydroxyl groups is 2. The summed E-state index contributed by atoms with van der Waals surface area (Å²) in [6, 6.07) is 12.1. The number of methoxy groups -OCH3 is 3. The van der Waals surface area contributed by atoms with Crippen molar-refractivity contribution in [3.05, 3.63) is 75.3 Å². The fourth-order valence-electron chi connectivity index (χ4n) is 5.42. The Morgan fingerprint density at radius 2 is 0.833 bits per heavy atom. The Labute approximate surface area is 214 Å². The molecule has 1 aliphatic rings. The van der Waals surface area contributed by atoms with Crippen LogP contribution in [0, 0.1) is 6.92 Å². The van der Waals surface area contributed by atoms with E-state index in [0.717, 1.165) is 84.4 Å². The summed E-state index contributed by atoms with van der Waals surface area (Å²) in [5.74, 6) is 3.17. The van der Waals surface area contributed by atoms with E-state index in [1.165, 1.54) is 16.7 Å². The maximum atomic E-state index is 11.1. The predicted molar refractivity (Wildman–Crippen MR) is 143 cm³/mol. The summed E-state index contributed by atoms with van der Waals surface area (Å²) in [6.07, 6.45) is 7.21. The maximum Gasteiger partial charge on any atom is 0.125 e. The molecular weight excluding hydrogens is 452 g/mol. The second-order valence-corrected chi connectivity index (χ2v) is 9.77. The lowest BCUT2D eigenvalue weighted by Crippen LogP contribution is -2.03. The standard InChI is InChI=1S/C31H38O5/c1-20-14-25-12-6-10-23-18-27(34-2)16-21(29(23)32)8-5-9-22-17-28(35-3)19-24(30(22)33)11-7-13-26(15-20)31(25)36-4/h14-19,32-33H,5-13H2,1-4H3. The number of hydrogen-bond donors (Lipinski definition) is 2. The molecule has 0 spiro atoms. The van der Waals surface area contributed by atoms with Crippen LogP contribution in [0.4, 0.5) is 0 Å². The van der Waals surface area contributed by atoms with Gasteiger partial charge >= 0.3 is 0 Å². The van der Waals surface area contributed by atoms with Crippen LogP contribution in [0.5, 0.6) is 28.7 Å². The van der Waals surface area contributed by atoms with Gasteiger partial charge in [0.05, 0.1) is 21.3 Å². The van der Waals surface area contributed by atoms with Gasteiger partial charge in [-0.05, 0) is 122 Å². The van der Waals surface area contributed by atoms with Crippen molar-refractivity contribution in [2.75, 3.05) is 21.3 Å².